The number of nitrogen functional groups attached to an aromatic ring is 1. The molecule has 4 N–H and O–H groups in total. The summed E-state index contributed by atoms with van der Waals surface area (Å²) in [7, 11) is 0. The molecule has 0 fully saturated rings. The third kappa shape index (κ3) is 1.43. The summed E-state index contributed by atoms with van der Waals surface area (Å²) >= 11 is 5.69. The van der Waals surface area contributed by atoms with E-state index in [1.165, 1.54) is 0 Å². The van der Waals surface area contributed by atoms with Crippen LogP contribution in [0.5, 0.6) is 0 Å². The fraction of sp³-hybridized carbons (Fsp3) is 0. The number of nitrogens with one attached hydrogen (secondary N) is 2. The van der Waals surface area contributed by atoms with E-state index in [4.69, 9.17) is 17.4 Å². The number of nitrogens with two attached hydrogens (primary N) is 1. The van der Waals surface area contributed by atoms with Crippen molar-refractivity contribution in [2.45, 2.75) is 0 Å². The van der Waals surface area contributed by atoms with Crippen LogP contribution in [-0.2, 0) is 0 Å². The summed E-state index contributed by atoms with van der Waals surface area (Å²) in [6, 6.07) is 4.98. The van der Waals surface area contributed by atoms with Gasteiger partial charge in [-0.2, -0.15) is 0 Å². The fourth-order valence-electron chi connectivity index (χ4n) is 1.18. The number of amides is 1. The zero-order valence-electron chi connectivity index (χ0n) is 7.04. The van der Waals surface area contributed by atoms with E-state index >= 15 is 0 Å². The molecule has 0 saturated carbocycles. The van der Waals surface area contributed by atoms with Gasteiger partial charge in [0.15, 0.2) is 0 Å². The minimum Gasteiger partial charge on any atom is -0.349 e. The number of carbonyl (C=O) groups is 1. The second-order valence-electron chi connectivity index (χ2n) is 2.72. The first-order valence-corrected chi connectivity index (χ1v) is 4.24. The molecule has 0 aromatic carbocycles. The Morgan fingerprint density at radius 1 is 1.57 bits per heavy atom. The van der Waals surface area contributed by atoms with Gasteiger partial charge in [-0.15, -0.1) is 0 Å². The maximum absolute atomic E-state index is 11.1. The lowest BCUT2D eigenvalue weighted by molar-refractivity contribution is 0.0949. The number of pyridine rings is 1. The topological polar surface area (TPSA) is 83.8 Å². The third-order valence-electron chi connectivity index (χ3n) is 1.82. The molecule has 0 radical (unpaired) electrons. The summed E-state index contributed by atoms with van der Waals surface area (Å²) in [5, 5.41) is 0.385. The molecule has 0 aliphatic heterocycles. The van der Waals surface area contributed by atoms with Gasteiger partial charge < -0.3 is 4.98 Å². The van der Waals surface area contributed by atoms with Crippen LogP contribution >= 0.6 is 11.6 Å². The Labute approximate surface area is 84.2 Å². The van der Waals surface area contributed by atoms with Gasteiger partial charge in [-0.1, -0.05) is 11.6 Å². The van der Waals surface area contributed by atoms with E-state index in [-0.39, 0.29) is 5.91 Å². The highest BCUT2D eigenvalue weighted by Crippen LogP contribution is 2.15. The van der Waals surface area contributed by atoms with Crippen molar-refractivity contribution < 1.29 is 4.79 Å². The molecule has 2 heterocycles. The Morgan fingerprint density at radius 3 is 3.07 bits per heavy atom. The number of carbonyl (C=O) groups excluding carboxylic acids is 1. The molecular formula is C8H7ClN4O. The SMILES string of the molecule is NNC(=O)c1cc2nc(Cl)ccc2[nH]1. The molecule has 2 aromatic heterocycles. The summed E-state index contributed by atoms with van der Waals surface area (Å²) in [5.74, 6) is 4.60. The van der Waals surface area contributed by atoms with Crippen LogP contribution in [0.1, 0.15) is 10.5 Å². The number of hydrogen-bond acceptors (Lipinski definition) is 3. The van der Waals surface area contributed by atoms with Crippen LogP contribution in [-0.4, -0.2) is 15.9 Å². The minimum atomic E-state index is -0.390. The molecule has 6 heteroatoms. The molecule has 0 spiro atoms. The van der Waals surface area contributed by atoms with E-state index < -0.39 is 0 Å². The summed E-state index contributed by atoms with van der Waals surface area (Å²) < 4.78 is 0. The average molecular weight is 211 g/mol. The molecule has 0 bridgehead atoms. The Kier molecular flexibility index (Phi) is 2.11. The molecule has 0 aliphatic rings. The largest absolute Gasteiger partial charge is 0.349 e. The molecule has 5 nitrogen and oxygen atoms in total. The first kappa shape index (κ1) is 8.98. The van der Waals surface area contributed by atoms with Crippen LogP contribution in [0, 0.1) is 0 Å². The predicted molar refractivity (Wildman–Crippen MR) is 52.8 cm³/mol. The van der Waals surface area contributed by atoms with Gasteiger partial charge in [0.1, 0.15) is 10.8 Å². The molecular weight excluding hydrogens is 204 g/mol. The van der Waals surface area contributed by atoms with E-state index in [0.717, 1.165) is 5.52 Å². The molecule has 14 heavy (non-hydrogen) atoms. The molecule has 0 aliphatic carbocycles. The van der Waals surface area contributed by atoms with Crippen LogP contribution in [0.25, 0.3) is 11.0 Å². The second-order valence-corrected chi connectivity index (χ2v) is 3.11. The van der Waals surface area contributed by atoms with Gasteiger partial charge in [-0.3, -0.25) is 10.2 Å². The van der Waals surface area contributed by atoms with Crippen LogP contribution < -0.4 is 11.3 Å². The number of halogens is 1. The van der Waals surface area contributed by atoms with Crippen molar-refractivity contribution in [1.82, 2.24) is 15.4 Å². The van der Waals surface area contributed by atoms with Crippen LogP contribution in [0.4, 0.5) is 0 Å². The lowest BCUT2D eigenvalue weighted by Crippen LogP contribution is -2.30. The maximum atomic E-state index is 11.1. The number of nitrogens with zero attached hydrogens (tertiary/aromatic N) is 1. The van der Waals surface area contributed by atoms with Gasteiger partial charge in [0.05, 0.1) is 11.0 Å². The summed E-state index contributed by atoms with van der Waals surface area (Å²) in [6.07, 6.45) is 0. The van der Waals surface area contributed by atoms with Crippen molar-refractivity contribution in [2.24, 2.45) is 5.84 Å². The number of hydrogen-bond donors (Lipinski definition) is 3. The van der Waals surface area contributed by atoms with Gasteiger partial charge in [0.2, 0.25) is 0 Å². The fourth-order valence-corrected chi connectivity index (χ4v) is 1.34. The highest BCUT2D eigenvalue weighted by Gasteiger charge is 2.08. The number of aromatic amines is 1. The summed E-state index contributed by atoms with van der Waals surface area (Å²) in [6.45, 7) is 0. The number of hydrazine groups is 1. The second kappa shape index (κ2) is 3.28. The van der Waals surface area contributed by atoms with Gasteiger partial charge in [-0.05, 0) is 18.2 Å². The summed E-state index contributed by atoms with van der Waals surface area (Å²) in [5.41, 5.74) is 3.76. The smallest absolute Gasteiger partial charge is 0.281 e. The van der Waals surface area contributed by atoms with Crippen molar-refractivity contribution in [1.29, 1.82) is 0 Å². The zero-order valence-corrected chi connectivity index (χ0v) is 7.80. The average Bonchev–Trinajstić information content (AvgIpc) is 2.59. The highest BCUT2D eigenvalue weighted by atomic mass is 35.5. The lowest BCUT2D eigenvalue weighted by atomic mass is 10.3. The number of rotatable bonds is 1. The van der Waals surface area contributed by atoms with Crippen molar-refractivity contribution in [3.63, 3.8) is 0 Å². The van der Waals surface area contributed by atoms with E-state index in [2.05, 4.69) is 9.97 Å². The van der Waals surface area contributed by atoms with Crippen LogP contribution in [0.3, 0.4) is 0 Å². The molecule has 1 amide bonds. The van der Waals surface area contributed by atoms with Gasteiger partial charge in [-0.25, -0.2) is 10.8 Å². The molecule has 2 rings (SSSR count). The van der Waals surface area contributed by atoms with Gasteiger partial charge >= 0.3 is 0 Å². The van der Waals surface area contributed by atoms with Crippen molar-refractivity contribution >= 4 is 28.5 Å². The number of fused-ring (bicyclic) bond motifs is 1. The molecule has 2 aromatic rings. The van der Waals surface area contributed by atoms with E-state index in [1.807, 2.05) is 5.43 Å². The van der Waals surface area contributed by atoms with E-state index in [0.29, 0.717) is 16.4 Å². The first-order valence-electron chi connectivity index (χ1n) is 3.87. The normalized spacial score (nSPS) is 10.4. The Morgan fingerprint density at radius 2 is 2.36 bits per heavy atom. The van der Waals surface area contributed by atoms with Crippen molar-refractivity contribution in [2.75, 3.05) is 0 Å². The van der Waals surface area contributed by atoms with Crippen molar-refractivity contribution in [3.05, 3.63) is 29.0 Å². The first-order chi connectivity index (χ1) is 6.70. The van der Waals surface area contributed by atoms with E-state index in [9.17, 15) is 4.79 Å². The minimum absolute atomic E-state index is 0.359. The number of H-pyrrole nitrogens is 1. The molecule has 0 atom stereocenters. The van der Waals surface area contributed by atoms with Crippen molar-refractivity contribution in [3.8, 4) is 0 Å². The molecule has 72 valence electrons. The molecule has 0 saturated heterocycles. The highest BCUT2D eigenvalue weighted by molar-refractivity contribution is 6.29. The molecule has 0 unspecified atom stereocenters. The predicted octanol–water partition coefficient (Wildman–Crippen LogP) is 0.820. The van der Waals surface area contributed by atoms with Gasteiger partial charge in [0, 0.05) is 0 Å². The number of aromatic nitrogens is 2. The Bertz CT molecular complexity index is 493. The monoisotopic (exact) mass is 210 g/mol. The lowest BCUT2D eigenvalue weighted by Gasteiger charge is -1.92. The summed E-state index contributed by atoms with van der Waals surface area (Å²) in [4.78, 5) is 18.0. The zero-order chi connectivity index (χ0) is 10.1. The Balaban J connectivity index is 2.56. The quantitative estimate of drug-likeness (QED) is 0.282. The maximum Gasteiger partial charge on any atom is 0.281 e. The van der Waals surface area contributed by atoms with Crippen LogP contribution in [0.2, 0.25) is 5.15 Å². The Hall–Kier alpha value is -1.59. The third-order valence-corrected chi connectivity index (χ3v) is 2.03. The van der Waals surface area contributed by atoms with E-state index in [1.54, 1.807) is 18.2 Å². The standard InChI is InChI=1S/C8H7ClN4O/c9-7-2-1-4-5(12-7)3-6(11-4)8(14)13-10/h1-3,11H,10H2,(H,13,14). The van der Waals surface area contributed by atoms with Crippen LogP contribution in [0.15, 0.2) is 18.2 Å². The van der Waals surface area contributed by atoms with Gasteiger partial charge in [0.25, 0.3) is 5.91 Å².